The van der Waals surface area contributed by atoms with Crippen LogP contribution in [0.2, 0.25) is 0 Å². The molecule has 370 valence electrons. The molecule has 0 bridgehead atoms. The Bertz CT molecular complexity index is 2790. The summed E-state index contributed by atoms with van der Waals surface area (Å²) in [6, 6.07) is 12.3. The smallest absolute Gasteiger partial charge is 0.410 e. The maximum Gasteiger partial charge on any atom is 0.410 e. The van der Waals surface area contributed by atoms with Gasteiger partial charge in [-0.2, -0.15) is 0 Å². The van der Waals surface area contributed by atoms with Crippen molar-refractivity contribution in [2.24, 2.45) is 0 Å². The van der Waals surface area contributed by atoms with Crippen LogP contribution in [0.4, 0.5) is 42.9 Å². The first-order valence-corrected chi connectivity index (χ1v) is 24.4. The number of nitrogens with zero attached hydrogens (tertiary/aromatic N) is 6. The van der Waals surface area contributed by atoms with Gasteiger partial charge in [0.1, 0.15) is 46.0 Å². The van der Waals surface area contributed by atoms with Crippen molar-refractivity contribution in [2.45, 2.75) is 134 Å². The number of aromatic nitrogens is 4. The van der Waals surface area contributed by atoms with E-state index >= 15 is 17.6 Å². The molecule has 4 saturated heterocycles. The van der Waals surface area contributed by atoms with Crippen LogP contribution in [-0.2, 0) is 9.47 Å². The lowest BCUT2D eigenvalue weighted by atomic mass is 9.89. The fraction of sp³-hybridized carbons (Fsp3) is 0.472. The predicted molar refractivity (Wildman–Crippen MR) is 256 cm³/mol. The largest absolute Gasteiger partial charge is 0.444 e. The van der Waals surface area contributed by atoms with Crippen LogP contribution in [0.1, 0.15) is 151 Å². The Hall–Kier alpha value is -6.39. The van der Waals surface area contributed by atoms with Crippen molar-refractivity contribution in [3.8, 4) is 0 Å². The molecule has 10 rings (SSSR count). The van der Waals surface area contributed by atoms with Crippen LogP contribution in [0, 0.1) is 29.1 Å². The summed E-state index contributed by atoms with van der Waals surface area (Å²) in [4.78, 5) is 49.2. The average Bonchev–Trinajstić information content (AvgIpc) is 4.14. The zero-order chi connectivity index (χ0) is 49.4. The van der Waals surface area contributed by atoms with Crippen LogP contribution in [0.15, 0.2) is 60.7 Å². The summed E-state index contributed by atoms with van der Waals surface area (Å²) in [7, 11) is 0. The molecule has 4 aliphatic heterocycles. The van der Waals surface area contributed by atoms with E-state index in [4.69, 9.17) is 19.4 Å². The fourth-order valence-corrected chi connectivity index (χ4v) is 11.1. The Morgan fingerprint density at radius 3 is 1.47 bits per heavy atom. The summed E-state index contributed by atoms with van der Waals surface area (Å²) in [6.45, 7) is 12.5. The number of hydrogen-bond acceptors (Lipinski definition) is 8. The van der Waals surface area contributed by atoms with E-state index in [1.807, 2.05) is 0 Å². The van der Waals surface area contributed by atoms with E-state index in [2.05, 4.69) is 9.97 Å². The Morgan fingerprint density at radius 2 is 1.03 bits per heavy atom. The number of halogens is 5. The van der Waals surface area contributed by atoms with Crippen LogP contribution < -0.4 is 9.80 Å². The minimum atomic E-state index is -0.810. The van der Waals surface area contributed by atoms with E-state index in [1.54, 1.807) is 85.4 Å². The molecular weight excluding hydrogens is 908 g/mol. The number of carbonyl (C=O) groups excluding carboxylic acids is 2. The molecule has 6 heterocycles. The van der Waals surface area contributed by atoms with Gasteiger partial charge in [-0.3, -0.25) is 9.80 Å². The lowest BCUT2D eigenvalue weighted by Crippen LogP contribution is -2.36. The van der Waals surface area contributed by atoms with E-state index in [-0.39, 0.29) is 34.2 Å². The molecule has 0 radical (unpaired) electrons. The van der Waals surface area contributed by atoms with Gasteiger partial charge >= 0.3 is 12.2 Å². The first kappa shape index (κ1) is 47.3. The molecule has 17 heteroatoms. The maximum atomic E-state index is 16.8. The number of piperidine rings is 1. The Morgan fingerprint density at radius 1 is 0.571 bits per heavy atom. The number of carbonyl (C=O) groups is 2. The quantitative estimate of drug-likeness (QED) is 0.152. The van der Waals surface area contributed by atoms with Gasteiger partial charge in [-0.1, -0.05) is 12.1 Å². The number of H-pyrrole nitrogens is 2. The van der Waals surface area contributed by atoms with Crippen LogP contribution in [0.3, 0.4) is 0 Å². The number of ether oxygens (including phenoxy) is 2. The van der Waals surface area contributed by atoms with Crippen molar-refractivity contribution in [3.05, 3.63) is 118 Å². The van der Waals surface area contributed by atoms with Gasteiger partial charge in [0.05, 0.1) is 46.2 Å². The van der Waals surface area contributed by atoms with Crippen molar-refractivity contribution in [1.29, 1.82) is 0 Å². The molecule has 70 heavy (non-hydrogen) atoms. The molecule has 0 spiro atoms. The monoisotopic (exact) mass is 966 g/mol. The minimum Gasteiger partial charge on any atom is -0.444 e. The van der Waals surface area contributed by atoms with E-state index < -0.39 is 70.8 Å². The number of imidazole rings is 2. The fourth-order valence-electron chi connectivity index (χ4n) is 11.1. The highest BCUT2D eigenvalue weighted by atomic mass is 19.1. The summed E-state index contributed by atoms with van der Waals surface area (Å²) in [5.74, 6) is -2.06. The molecule has 2 N–H and O–H groups in total. The number of anilines is 2. The predicted octanol–water partition coefficient (Wildman–Crippen LogP) is 12.7. The normalized spacial score (nSPS) is 21.5. The Labute approximate surface area is 403 Å². The number of fused-ring (bicyclic) bond motifs is 2. The van der Waals surface area contributed by atoms with Gasteiger partial charge in [-0.15, -0.1) is 0 Å². The molecule has 0 aliphatic carbocycles. The van der Waals surface area contributed by atoms with Crippen molar-refractivity contribution < 1.29 is 41.0 Å². The summed E-state index contributed by atoms with van der Waals surface area (Å²) in [5.41, 5.74) is 1.65. The lowest BCUT2D eigenvalue weighted by Gasteiger charge is -2.36. The van der Waals surface area contributed by atoms with Crippen LogP contribution in [-0.4, -0.2) is 79.3 Å². The number of amides is 2. The highest BCUT2D eigenvalue weighted by molar-refractivity contribution is 5.79. The van der Waals surface area contributed by atoms with Crippen LogP contribution in [0.25, 0.3) is 22.1 Å². The zero-order valence-electron chi connectivity index (χ0n) is 40.4. The number of rotatable bonds is 7. The number of likely N-dealkylation sites (tertiary alicyclic amines) is 2. The maximum absolute atomic E-state index is 16.8. The first-order chi connectivity index (χ1) is 33.3. The van der Waals surface area contributed by atoms with E-state index in [0.29, 0.717) is 98.4 Å². The molecule has 12 nitrogen and oxygen atoms in total. The molecule has 4 aromatic carbocycles. The second-order valence-electron chi connectivity index (χ2n) is 21.3. The average molecular weight is 967 g/mol. The molecule has 2 aromatic heterocycles. The van der Waals surface area contributed by atoms with Crippen LogP contribution >= 0.6 is 0 Å². The van der Waals surface area contributed by atoms with Crippen molar-refractivity contribution in [3.63, 3.8) is 0 Å². The highest BCUT2D eigenvalue weighted by Crippen LogP contribution is 2.50. The molecule has 4 aliphatic rings. The number of nitrogens with one attached hydrogen (secondary N) is 2. The van der Waals surface area contributed by atoms with Gasteiger partial charge < -0.3 is 29.2 Å². The van der Waals surface area contributed by atoms with Crippen LogP contribution in [0.5, 0.6) is 0 Å². The summed E-state index contributed by atoms with van der Waals surface area (Å²) < 4.78 is 92.0. The van der Waals surface area contributed by atoms with E-state index in [9.17, 15) is 14.0 Å². The van der Waals surface area contributed by atoms with Gasteiger partial charge in [0, 0.05) is 55.1 Å². The summed E-state index contributed by atoms with van der Waals surface area (Å²) in [5, 5.41) is 0. The molecular formula is C53H59F5N8O4. The number of hydrogen-bond donors (Lipinski definition) is 2. The highest BCUT2D eigenvalue weighted by Gasteiger charge is 2.41. The van der Waals surface area contributed by atoms with Crippen molar-refractivity contribution >= 4 is 45.6 Å². The molecule has 0 saturated carbocycles. The van der Waals surface area contributed by atoms with E-state index in [0.717, 1.165) is 18.4 Å². The zero-order valence-corrected chi connectivity index (χ0v) is 40.4. The summed E-state index contributed by atoms with van der Waals surface area (Å²) in [6.07, 6.45) is 3.59. The Balaban J connectivity index is 1.00. The van der Waals surface area contributed by atoms with Gasteiger partial charge in [-0.25, -0.2) is 41.5 Å². The third-order valence-corrected chi connectivity index (χ3v) is 14.2. The summed E-state index contributed by atoms with van der Waals surface area (Å²) >= 11 is 0. The number of benzene rings is 4. The molecule has 2 amide bonds. The molecule has 0 unspecified atom stereocenters. The third-order valence-electron chi connectivity index (χ3n) is 14.2. The first-order valence-electron chi connectivity index (χ1n) is 24.4. The third kappa shape index (κ3) is 9.23. The SMILES string of the molecule is CC(C)(C)OC(=O)N1CCC[C@H]1c1nc2cc(F)c([C@H]3CC[C@H](c4cc5[nH]c([C@@H]6CCCN6C(=O)OC(C)(C)C)nc5cc4F)N3c3cc(F)c(N4CCC(c5ccc(F)cc5)CC4)c(F)c3)cc2[nH]1. The van der Waals surface area contributed by atoms with Gasteiger partial charge in [0.2, 0.25) is 0 Å². The van der Waals surface area contributed by atoms with Gasteiger partial charge in [-0.05, 0) is 141 Å². The van der Waals surface area contributed by atoms with Gasteiger partial charge in [0.25, 0.3) is 0 Å². The van der Waals surface area contributed by atoms with Crippen molar-refractivity contribution in [2.75, 3.05) is 36.0 Å². The minimum absolute atomic E-state index is 0.105. The standard InChI is InChI=1S/C53H59F5N8O4/c1-52(2,3)69-50(67)64-19-7-9-45(64)48-59-39-25-33(35(55)27-41(39)61-48)43-15-16-44(34-26-40-42(28-36(34)56)62-49(60-40)46-10-8-20-65(46)51(68)70-53(4,5)6)66(43)32-23-37(57)47(38(58)24-32)63-21-17-30(18-22-63)29-11-13-31(54)14-12-29/h11-14,23-28,30,43-46H,7-10,15-22H2,1-6H3,(H,59,61)(H,60,62)/t43-,44-,45+,46+/m1/s1. The van der Waals surface area contributed by atoms with Gasteiger partial charge in [0.15, 0.2) is 11.6 Å². The Kier molecular flexibility index (Phi) is 12.2. The lowest BCUT2D eigenvalue weighted by molar-refractivity contribution is 0.0208. The van der Waals surface area contributed by atoms with Crippen molar-refractivity contribution in [1.82, 2.24) is 29.7 Å². The topological polar surface area (TPSA) is 123 Å². The molecule has 4 fully saturated rings. The second-order valence-corrected chi connectivity index (χ2v) is 21.3. The number of aromatic amines is 2. The van der Waals surface area contributed by atoms with E-state index in [1.165, 1.54) is 36.4 Å². The second kappa shape index (κ2) is 18.1. The molecule has 4 atom stereocenters. The molecule has 6 aromatic rings.